The molecule has 0 unspecified atom stereocenters. The van der Waals surface area contributed by atoms with Crippen LogP contribution in [0.25, 0.3) is 0 Å². The van der Waals surface area contributed by atoms with Crippen molar-refractivity contribution in [3.05, 3.63) is 35.9 Å². The molecule has 0 heterocycles. The van der Waals surface area contributed by atoms with Crippen molar-refractivity contribution in [3.8, 4) is 9.86 Å². The van der Waals surface area contributed by atoms with Crippen molar-refractivity contribution < 1.29 is 0 Å². The van der Waals surface area contributed by atoms with Crippen molar-refractivity contribution >= 4 is 18.4 Å². The first-order valence-corrected chi connectivity index (χ1v) is 13.3. The Morgan fingerprint density at radius 1 is 0.933 bits per heavy atom. The molecule has 15 heavy (non-hydrogen) atoms. The van der Waals surface area contributed by atoms with Crippen molar-refractivity contribution in [2.45, 2.75) is 34.1 Å². The van der Waals surface area contributed by atoms with E-state index in [1.54, 1.807) is 0 Å². The van der Waals surface area contributed by atoms with E-state index in [9.17, 15) is 0 Å². The molecule has 0 aliphatic rings. The molecule has 1 aromatic rings. The van der Waals surface area contributed by atoms with Crippen molar-refractivity contribution in [3.63, 3.8) is 0 Å². The summed E-state index contributed by atoms with van der Waals surface area (Å²) in [4.78, 5) is 0. The fraction of sp³-hybridized carbons (Fsp3) is 0.429. The van der Waals surface area contributed by atoms with Crippen LogP contribution < -0.4 is 0 Å². The Labute approximate surface area is 98.0 Å². The predicted octanol–water partition coefficient (Wildman–Crippen LogP) is 4.09. The summed E-state index contributed by atoms with van der Waals surface area (Å²) >= 11 is -2.02. The van der Waals surface area contributed by atoms with Gasteiger partial charge in [-0.15, -0.1) is 0 Å². The fourth-order valence-corrected chi connectivity index (χ4v) is 8.70. The molecule has 0 nitrogen and oxygen atoms in total. The van der Waals surface area contributed by atoms with E-state index in [1.807, 2.05) is 6.07 Å². The van der Waals surface area contributed by atoms with Gasteiger partial charge in [-0.05, 0) is 0 Å². The molecule has 0 aliphatic heterocycles. The molecule has 1 rings (SSSR count). The number of hydrogen-bond donors (Lipinski definition) is 0. The topological polar surface area (TPSA) is 0 Å². The van der Waals surface area contributed by atoms with Crippen molar-refractivity contribution in [1.29, 1.82) is 0 Å². The van der Waals surface area contributed by atoms with Gasteiger partial charge in [-0.25, -0.2) is 0 Å². The molecule has 0 saturated carbocycles. The number of hydrogen-bond acceptors (Lipinski definition) is 0. The second kappa shape index (κ2) is 6.22. The second-order valence-electron chi connectivity index (χ2n) is 3.96. The molecule has 0 fully saturated rings. The summed E-state index contributed by atoms with van der Waals surface area (Å²) in [7, 11) is 0. The van der Waals surface area contributed by atoms with E-state index in [0.29, 0.717) is 0 Å². The van der Waals surface area contributed by atoms with E-state index >= 15 is 0 Å². The molecular formula is C14H20Sn. The Bertz CT molecular complexity index is 330. The zero-order valence-corrected chi connectivity index (χ0v) is 12.9. The summed E-state index contributed by atoms with van der Waals surface area (Å²) in [5, 5.41) is 0. The van der Waals surface area contributed by atoms with E-state index in [-0.39, 0.29) is 0 Å². The van der Waals surface area contributed by atoms with Crippen LogP contribution in [0.15, 0.2) is 30.3 Å². The molecule has 80 valence electrons. The van der Waals surface area contributed by atoms with Gasteiger partial charge in [0.15, 0.2) is 0 Å². The summed E-state index contributed by atoms with van der Waals surface area (Å²) in [5.74, 6) is 3.38. The molecular weight excluding hydrogens is 287 g/mol. The summed E-state index contributed by atoms with van der Waals surface area (Å²) in [6, 6.07) is 10.4. The molecule has 0 aromatic heterocycles. The van der Waals surface area contributed by atoms with E-state index in [2.05, 4.69) is 54.9 Å². The van der Waals surface area contributed by atoms with Crippen LogP contribution >= 0.6 is 0 Å². The third-order valence-corrected chi connectivity index (χ3v) is 16.7. The Morgan fingerprint density at radius 3 is 1.93 bits per heavy atom. The minimum absolute atomic E-state index is 1.17. The maximum absolute atomic E-state index is 3.66. The van der Waals surface area contributed by atoms with E-state index in [0.717, 1.165) is 0 Å². The van der Waals surface area contributed by atoms with Gasteiger partial charge in [-0.3, -0.25) is 0 Å². The molecule has 0 bridgehead atoms. The normalized spacial score (nSPS) is 10.6. The summed E-state index contributed by atoms with van der Waals surface area (Å²) in [6.45, 7) is 6.97. The molecule has 1 aromatic carbocycles. The standard InChI is InChI=1S/C8H5.3C2H5.Sn/c1-2-8-6-4-3-5-7-8;3*1-2;/h3-7H;3*1H2,2H3;. The van der Waals surface area contributed by atoms with E-state index < -0.39 is 18.4 Å². The van der Waals surface area contributed by atoms with Crippen LogP contribution in [0.5, 0.6) is 0 Å². The Balaban J connectivity index is 2.88. The van der Waals surface area contributed by atoms with Crippen LogP contribution in [-0.2, 0) is 0 Å². The zero-order valence-electron chi connectivity index (χ0n) is 10.0. The first-order chi connectivity index (χ1) is 7.26. The number of rotatable bonds is 3. The van der Waals surface area contributed by atoms with Crippen molar-refractivity contribution in [2.24, 2.45) is 0 Å². The average Bonchev–Trinajstić information content (AvgIpc) is 2.33. The van der Waals surface area contributed by atoms with Gasteiger partial charge in [0.2, 0.25) is 0 Å². The molecule has 0 atom stereocenters. The fourth-order valence-electron chi connectivity index (χ4n) is 1.74. The molecule has 0 spiro atoms. The van der Waals surface area contributed by atoms with Gasteiger partial charge in [0, 0.05) is 0 Å². The Kier molecular flexibility index (Phi) is 5.25. The van der Waals surface area contributed by atoms with Gasteiger partial charge in [-0.2, -0.15) is 0 Å². The zero-order chi connectivity index (χ0) is 11.1. The Morgan fingerprint density at radius 2 is 1.47 bits per heavy atom. The van der Waals surface area contributed by atoms with E-state index in [4.69, 9.17) is 0 Å². The van der Waals surface area contributed by atoms with Crippen LogP contribution in [0.4, 0.5) is 0 Å². The van der Waals surface area contributed by atoms with Crippen molar-refractivity contribution in [2.75, 3.05) is 0 Å². The predicted molar refractivity (Wildman–Crippen MR) is 70.5 cm³/mol. The van der Waals surface area contributed by atoms with Crippen LogP contribution in [-0.4, -0.2) is 18.4 Å². The molecule has 1 heteroatoms. The van der Waals surface area contributed by atoms with Crippen LogP contribution in [0.2, 0.25) is 13.3 Å². The third-order valence-electron chi connectivity index (χ3n) is 3.28. The average molecular weight is 307 g/mol. The Hall–Kier alpha value is -0.421. The van der Waals surface area contributed by atoms with Crippen LogP contribution in [0, 0.1) is 9.86 Å². The maximum atomic E-state index is 3.66. The van der Waals surface area contributed by atoms with Crippen LogP contribution in [0.1, 0.15) is 26.3 Å². The van der Waals surface area contributed by atoms with Crippen LogP contribution in [0.3, 0.4) is 0 Å². The first kappa shape index (κ1) is 12.6. The quantitative estimate of drug-likeness (QED) is 0.583. The van der Waals surface area contributed by atoms with Crippen molar-refractivity contribution in [1.82, 2.24) is 0 Å². The monoisotopic (exact) mass is 308 g/mol. The number of benzene rings is 1. The summed E-state index contributed by atoms with van der Waals surface area (Å²) < 4.78 is 7.70. The second-order valence-corrected chi connectivity index (χ2v) is 18.0. The first-order valence-electron chi connectivity index (χ1n) is 5.84. The minimum atomic E-state index is -2.02. The van der Waals surface area contributed by atoms with Gasteiger partial charge in [0.25, 0.3) is 0 Å². The van der Waals surface area contributed by atoms with Gasteiger partial charge < -0.3 is 0 Å². The van der Waals surface area contributed by atoms with E-state index in [1.165, 1.54) is 18.9 Å². The van der Waals surface area contributed by atoms with Gasteiger partial charge in [0.1, 0.15) is 0 Å². The SMILES string of the molecule is C[CH2][Sn]([C]#Cc1ccccc1)([CH2]C)[CH2]C. The molecule has 0 amide bonds. The molecule has 0 N–H and O–H groups in total. The van der Waals surface area contributed by atoms with Gasteiger partial charge in [-0.1, -0.05) is 0 Å². The molecule has 0 saturated heterocycles. The molecule has 0 radical (unpaired) electrons. The third kappa shape index (κ3) is 3.57. The molecule has 0 aliphatic carbocycles. The summed E-state index contributed by atoms with van der Waals surface area (Å²) in [5.41, 5.74) is 1.17. The summed E-state index contributed by atoms with van der Waals surface area (Å²) in [6.07, 6.45) is 0. The van der Waals surface area contributed by atoms with Gasteiger partial charge >= 0.3 is 98.2 Å². The van der Waals surface area contributed by atoms with Gasteiger partial charge in [0.05, 0.1) is 0 Å².